The average Bonchev–Trinajstić information content (AvgIpc) is 2.57. The van der Waals surface area contributed by atoms with Crippen molar-refractivity contribution >= 4 is 12.6 Å². The number of likely N-dealkylation sites (tertiary alicyclic amines) is 1. The fraction of sp³-hybridized carbons (Fsp3) is 0.625. The standard InChI is InChI=1S/C16H24BNO3/c1-15(2)16(3,4)21-17(20-15)13-7-5-6-12(8-13)9-18-10-14(19)11-18/h5-8,14,19H,9-11H2,1-4H3. The Bertz CT molecular complexity index is 510. The monoisotopic (exact) mass is 289 g/mol. The van der Waals surface area contributed by atoms with Crippen molar-refractivity contribution in [2.24, 2.45) is 0 Å². The summed E-state index contributed by atoms with van der Waals surface area (Å²) in [5.74, 6) is 0. The van der Waals surface area contributed by atoms with Crippen molar-refractivity contribution in [2.45, 2.75) is 51.5 Å². The summed E-state index contributed by atoms with van der Waals surface area (Å²) in [6.45, 7) is 10.7. The van der Waals surface area contributed by atoms with Crippen molar-refractivity contribution in [1.82, 2.24) is 4.90 Å². The minimum absolute atomic E-state index is 0.156. The molecule has 0 bridgehead atoms. The number of aliphatic hydroxyl groups is 1. The first-order valence-electron chi connectivity index (χ1n) is 7.62. The van der Waals surface area contributed by atoms with E-state index in [9.17, 15) is 5.11 Å². The van der Waals surface area contributed by atoms with Crippen LogP contribution in [-0.2, 0) is 15.9 Å². The predicted octanol–water partition coefficient (Wildman–Crippen LogP) is 1.16. The Morgan fingerprint density at radius 1 is 1.19 bits per heavy atom. The molecular weight excluding hydrogens is 265 g/mol. The summed E-state index contributed by atoms with van der Waals surface area (Å²) in [5, 5.41) is 9.36. The summed E-state index contributed by atoms with van der Waals surface area (Å²) in [6, 6.07) is 8.36. The van der Waals surface area contributed by atoms with Crippen LogP contribution in [0.25, 0.3) is 0 Å². The van der Waals surface area contributed by atoms with Gasteiger partial charge in [-0.15, -0.1) is 0 Å². The van der Waals surface area contributed by atoms with E-state index in [1.165, 1.54) is 5.56 Å². The third kappa shape index (κ3) is 2.88. The van der Waals surface area contributed by atoms with Gasteiger partial charge in [-0.1, -0.05) is 24.3 Å². The van der Waals surface area contributed by atoms with Crippen LogP contribution < -0.4 is 5.46 Å². The second-order valence-electron chi connectivity index (χ2n) is 7.18. The molecule has 114 valence electrons. The topological polar surface area (TPSA) is 41.9 Å². The van der Waals surface area contributed by atoms with Gasteiger partial charge in [-0.3, -0.25) is 4.90 Å². The second kappa shape index (κ2) is 5.09. The van der Waals surface area contributed by atoms with Gasteiger partial charge < -0.3 is 14.4 Å². The fourth-order valence-electron chi connectivity index (χ4n) is 2.75. The van der Waals surface area contributed by atoms with E-state index in [-0.39, 0.29) is 24.4 Å². The lowest BCUT2D eigenvalue weighted by atomic mass is 9.78. The summed E-state index contributed by atoms with van der Waals surface area (Å²) < 4.78 is 12.2. The van der Waals surface area contributed by atoms with Crippen molar-refractivity contribution in [3.63, 3.8) is 0 Å². The van der Waals surface area contributed by atoms with E-state index < -0.39 is 0 Å². The highest BCUT2D eigenvalue weighted by atomic mass is 16.7. The molecule has 0 aliphatic carbocycles. The minimum atomic E-state index is -0.310. The fourth-order valence-corrected chi connectivity index (χ4v) is 2.75. The molecule has 2 aliphatic rings. The number of aliphatic hydroxyl groups excluding tert-OH is 1. The molecule has 1 aromatic rings. The van der Waals surface area contributed by atoms with E-state index in [2.05, 4.69) is 50.8 Å². The molecule has 21 heavy (non-hydrogen) atoms. The summed E-state index contributed by atoms with van der Waals surface area (Å²) >= 11 is 0. The maximum atomic E-state index is 9.36. The van der Waals surface area contributed by atoms with Gasteiger partial charge in [0.15, 0.2) is 0 Å². The van der Waals surface area contributed by atoms with Gasteiger partial charge in [-0.05, 0) is 38.7 Å². The van der Waals surface area contributed by atoms with Crippen LogP contribution in [-0.4, -0.2) is 47.5 Å². The lowest BCUT2D eigenvalue weighted by Crippen LogP contribution is -2.49. The first-order chi connectivity index (χ1) is 9.77. The summed E-state index contributed by atoms with van der Waals surface area (Å²) in [5.41, 5.74) is 1.67. The highest BCUT2D eigenvalue weighted by Crippen LogP contribution is 2.36. The van der Waals surface area contributed by atoms with Crippen molar-refractivity contribution < 1.29 is 14.4 Å². The molecule has 1 aromatic carbocycles. The Hall–Kier alpha value is -0.875. The van der Waals surface area contributed by atoms with Gasteiger partial charge in [0.1, 0.15) is 0 Å². The first kappa shape index (κ1) is 15.0. The number of β-amino-alcohol motifs (C(OH)–C–C–N with tert-alkyl or cyclic N) is 1. The second-order valence-corrected chi connectivity index (χ2v) is 7.18. The van der Waals surface area contributed by atoms with Gasteiger partial charge in [0.2, 0.25) is 0 Å². The lowest BCUT2D eigenvalue weighted by Gasteiger charge is -2.35. The number of benzene rings is 1. The Balaban J connectivity index is 1.72. The SMILES string of the molecule is CC1(C)OB(c2cccc(CN3CC(O)C3)c2)OC1(C)C. The van der Waals surface area contributed by atoms with E-state index in [1.54, 1.807) is 0 Å². The molecule has 0 atom stereocenters. The molecule has 4 nitrogen and oxygen atoms in total. The maximum Gasteiger partial charge on any atom is 0.494 e. The zero-order valence-electron chi connectivity index (χ0n) is 13.3. The van der Waals surface area contributed by atoms with Crippen LogP contribution >= 0.6 is 0 Å². The molecule has 0 saturated carbocycles. The van der Waals surface area contributed by atoms with Gasteiger partial charge in [0, 0.05) is 19.6 Å². The third-order valence-corrected chi connectivity index (χ3v) is 4.82. The van der Waals surface area contributed by atoms with Crippen LogP contribution in [0.4, 0.5) is 0 Å². The largest absolute Gasteiger partial charge is 0.494 e. The summed E-state index contributed by atoms with van der Waals surface area (Å²) in [6.07, 6.45) is -0.156. The molecule has 0 amide bonds. The molecule has 2 heterocycles. The van der Waals surface area contributed by atoms with Gasteiger partial charge in [-0.25, -0.2) is 0 Å². The van der Waals surface area contributed by atoms with Crippen LogP contribution in [0.1, 0.15) is 33.3 Å². The molecule has 0 spiro atoms. The molecule has 0 radical (unpaired) electrons. The summed E-state index contributed by atoms with van der Waals surface area (Å²) in [7, 11) is -0.308. The quantitative estimate of drug-likeness (QED) is 0.848. The molecular formula is C16H24BNO3. The number of hydrogen-bond acceptors (Lipinski definition) is 4. The smallest absolute Gasteiger partial charge is 0.399 e. The number of hydrogen-bond donors (Lipinski definition) is 1. The van der Waals surface area contributed by atoms with Gasteiger partial charge in [-0.2, -0.15) is 0 Å². The van der Waals surface area contributed by atoms with E-state index in [0.29, 0.717) is 0 Å². The van der Waals surface area contributed by atoms with Crippen molar-refractivity contribution in [2.75, 3.05) is 13.1 Å². The normalized spacial score (nSPS) is 25.1. The molecule has 0 unspecified atom stereocenters. The Morgan fingerprint density at radius 2 is 1.81 bits per heavy atom. The summed E-state index contributed by atoms with van der Waals surface area (Å²) in [4.78, 5) is 2.23. The van der Waals surface area contributed by atoms with Gasteiger partial charge in [0.05, 0.1) is 17.3 Å². The Labute approximate surface area is 127 Å². The van der Waals surface area contributed by atoms with Crippen molar-refractivity contribution in [1.29, 1.82) is 0 Å². The third-order valence-electron chi connectivity index (χ3n) is 4.82. The highest BCUT2D eigenvalue weighted by molar-refractivity contribution is 6.62. The Morgan fingerprint density at radius 3 is 2.38 bits per heavy atom. The van der Waals surface area contributed by atoms with Crippen molar-refractivity contribution in [3.8, 4) is 0 Å². The minimum Gasteiger partial charge on any atom is -0.399 e. The first-order valence-corrected chi connectivity index (χ1v) is 7.62. The molecule has 3 rings (SSSR count). The van der Waals surface area contributed by atoms with Crippen LogP contribution in [0.15, 0.2) is 24.3 Å². The average molecular weight is 289 g/mol. The van der Waals surface area contributed by atoms with Crippen molar-refractivity contribution in [3.05, 3.63) is 29.8 Å². The van der Waals surface area contributed by atoms with E-state index in [4.69, 9.17) is 9.31 Å². The predicted molar refractivity (Wildman–Crippen MR) is 83.4 cm³/mol. The molecule has 2 saturated heterocycles. The van der Waals surface area contributed by atoms with Crippen LogP contribution in [0.3, 0.4) is 0 Å². The molecule has 2 fully saturated rings. The van der Waals surface area contributed by atoms with Crippen LogP contribution in [0.5, 0.6) is 0 Å². The van der Waals surface area contributed by atoms with Gasteiger partial charge in [0.25, 0.3) is 0 Å². The zero-order chi connectivity index (χ0) is 15.3. The van der Waals surface area contributed by atoms with E-state index >= 15 is 0 Å². The lowest BCUT2D eigenvalue weighted by molar-refractivity contribution is -0.00285. The molecule has 0 aromatic heterocycles. The Kier molecular flexibility index (Phi) is 3.65. The van der Waals surface area contributed by atoms with E-state index in [0.717, 1.165) is 25.1 Å². The maximum absolute atomic E-state index is 9.36. The number of rotatable bonds is 3. The van der Waals surface area contributed by atoms with Gasteiger partial charge >= 0.3 is 7.12 Å². The highest BCUT2D eigenvalue weighted by Gasteiger charge is 2.51. The molecule has 2 aliphatic heterocycles. The zero-order valence-corrected chi connectivity index (χ0v) is 13.3. The van der Waals surface area contributed by atoms with E-state index in [1.807, 2.05) is 6.07 Å². The molecule has 5 heteroatoms. The number of nitrogens with zero attached hydrogens (tertiary/aromatic N) is 1. The van der Waals surface area contributed by atoms with Crippen LogP contribution in [0.2, 0.25) is 0 Å². The van der Waals surface area contributed by atoms with Crippen LogP contribution in [0, 0.1) is 0 Å². The molecule has 1 N–H and O–H groups in total.